The molecule has 5 aliphatic rings. The highest BCUT2D eigenvalue weighted by Crippen LogP contribution is 2.65. The van der Waals surface area contributed by atoms with Crippen molar-refractivity contribution >= 4 is 46.7 Å². The van der Waals surface area contributed by atoms with E-state index in [2.05, 4.69) is 12.2 Å². The van der Waals surface area contributed by atoms with Crippen LogP contribution in [0.4, 0.5) is 0 Å². The Morgan fingerprint density at radius 3 is 2.08 bits per heavy atom. The van der Waals surface area contributed by atoms with E-state index < -0.39 is 35.6 Å². The van der Waals surface area contributed by atoms with Crippen molar-refractivity contribution in [1.29, 1.82) is 0 Å². The Bertz CT molecular complexity index is 1290. The lowest BCUT2D eigenvalue weighted by Gasteiger charge is -2.37. The normalized spacial score (nSPS) is 30.1. The minimum absolute atomic E-state index is 0.00159. The lowest BCUT2D eigenvalue weighted by molar-refractivity contribution is -0.157. The average molecular weight is 523 g/mol. The number of hydrazine groups is 1. The summed E-state index contributed by atoms with van der Waals surface area (Å²) in [6.07, 6.45) is 5.40. The first kappa shape index (κ1) is 23.4. The first-order valence-corrected chi connectivity index (χ1v) is 13.0. The number of rotatable bonds is 6. The Kier molecular flexibility index (Phi) is 5.58. The zero-order valence-corrected chi connectivity index (χ0v) is 21.0. The van der Waals surface area contributed by atoms with Crippen LogP contribution in [0.15, 0.2) is 60.7 Å². The topological polar surface area (TPSA) is 74.8 Å². The van der Waals surface area contributed by atoms with Gasteiger partial charge >= 0.3 is 0 Å². The van der Waals surface area contributed by atoms with Crippen LogP contribution in [0.1, 0.15) is 40.5 Å². The van der Waals surface area contributed by atoms with Crippen LogP contribution in [0, 0.1) is 35.5 Å². The van der Waals surface area contributed by atoms with Crippen molar-refractivity contribution in [2.45, 2.75) is 25.8 Å². The molecule has 0 aromatic heterocycles. The van der Waals surface area contributed by atoms with Crippen LogP contribution in [-0.2, 0) is 9.59 Å². The van der Waals surface area contributed by atoms with Crippen LogP contribution in [0.5, 0.6) is 0 Å². The Hall–Kier alpha value is -2.96. The predicted molar refractivity (Wildman–Crippen MR) is 134 cm³/mol. The molecule has 2 aromatic carbocycles. The van der Waals surface area contributed by atoms with Gasteiger partial charge in [-0.1, -0.05) is 72.6 Å². The summed E-state index contributed by atoms with van der Waals surface area (Å²) in [5, 5.41) is 2.50. The highest BCUT2D eigenvalue weighted by Gasteiger charge is 2.68. The molecule has 36 heavy (non-hydrogen) atoms. The van der Waals surface area contributed by atoms with E-state index in [1.54, 1.807) is 37.3 Å². The maximum Gasteiger partial charge on any atom is 0.273 e. The van der Waals surface area contributed by atoms with Crippen LogP contribution in [-0.4, -0.2) is 39.6 Å². The molecule has 1 heterocycles. The molecule has 1 saturated heterocycles. The minimum atomic E-state index is -1.05. The summed E-state index contributed by atoms with van der Waals surface area (Å²) in [4.78, 5) is 55.4. The summed E-state index contributed by atoms with van der Waals surface area (Å²) >= 11 is 12.3. The molecule has 4 aliphatic carbocycles. The Morgan fingerprint density at radius 2 is 1.53 bits per heavy atom. The van der Waals surface area contributed by atoms with Crippen molar-refractivity contribution in [3.8, 4) is 0 Å². The maximum atomic E-state index is 14.0. The number of hydrogen-bond acceptors (Lipinski definition) is 4. The van der Waals surface area contributed by atoms with Crippen molar-refractivity contribution in [3.05, 3.63) is 81.9 Å². The van der Waals surface area contributed by atoms with Gasteiger partial charge in [-0.2, -0.15) is 5.01 Å². The summed E-state index contributed by atoms with van der Waals surface area (Å²) in [5.74, 6) is -1.94. The smallest absolute Gasteiger partial charge is 0.273 e. The number of carbonyl (C=O) groups is 4. The molecule has 3 fully saturated rings. The second-order valence-electron chi connectivity index (χ2n) is 10.1. The Labute approximate surface area is 218 Å². The van der Waals surface area contributed by atoms with Crippen molar-refractivity contribution < 1.29 is 19.2 Å². The lowest BCUT2D eigenvalue weighted by Crippen LogP contribution is -2.57. The summed E-state index contributed by atoms with van der Waals surface area (Å²) in [6, 6.07) is 11.9. The summed E-state index contributed by atoms with van der Waals surface area (Å²) in [7, 11) is 0. The van der Waals surface area contributed by atoms with Crippen LogP contribution in [0.25, 0.3) is 0 Å². The summed E-state index contributed by atoms with van der Waals surface area (Å²) < 4.78 is 0. The molecule has 2 aromatic rings. The van der Waals surface area contributed by atoms with Crippen LogP contribution < -0.4 is 0 Å². The van der Waals surface area contributed by atoms with E-state index in [1.165, 1.54) is 18.2 Å². The van der Waals surface area contributed by atoms with Gasteiger partial charge < -0.3 is 0 Å². The number of Topliss-reactive ketones (excluding diaryl/α,β-unsaturated/α-hetero) is 1. The molecule has 0 radical (unpaired) electrons. The maximum absolute atomic E-state index is 14.0. The minimum Gasteiger partial charge on any atom is -0.292 e. The van der Waals surface area contributed by atoms with Crippen LogP contribution >= 0.6 is 23.2 Å². The third-order valence-corrected chi connectivity index (χ3v) is 9.01. The molecule has 1 aliphatic heterocycles. The van der Waals surface area contributed by atoms with Gasteiger partial charge in [0.2, 0.25) is 0 Å². The average Bonchev–Trinajstić information content (AvgIpc) is 3.68. The fourth-order valence-corrected chi connectivity index (χ4v) is 6.85. The van der Waals surface area contributed by atoms with Crippen molar-refractivity contribution in [2.24, 2.45) is 35.5 Å². The largest absolute Gasteiger partial charge is 0.292 e. The summed E-state index contributed by atoms with van der Waals surface area (Å²) in [5.41, 5.74) is 0.541. The number of halogens is 2. The number of benzene rings is 2. The molecule has 3 amide bonds. The standard InChI is InChI=1S/C28H24Cl2N2O4/c1-2-22(25(33)14-6-4-3-5-7-14)31(26(34)15-8-11-20(29)21(30)12-15)32-27(35)23-16-9-10-17(19-13-18(16)19)24(23)28(32)36/h3-12,16-19,22-24H,2,13H2,1H3/t16-,17-,18-,19+,22+,23-,24+/m0/s1. The number of amides is 3. The molecule has 0 N–H and O–H groups in total. The van der Waals surface area contributed by atoms with Crippen LogP contribution in [0.2, 0.25) is 10.0 Å². The molecule has 2 saturated carbocycles. The van der Waals surface area contributed by atoms with Crippen molar-refractivity contribution in [3.63, 3.8) is 0 Å². The van der Waals surface area contributed by atoms with Gasteiger partial charge in [0.15, 0.2) is 5.78 Å². The molecule has 8 heteroatoms. The second kappa shape index (κ2) is 8.56. The lowest BCUT2D eigenvalue weighted by atomic mass is 9.63. The molecule has 2 bridgehead atoms. The number of hydrogen-bond donors (Lipinski definition) is 0. The Morgan fingerprint density at radius 1 is 0.917 bits per heavy atom. The number of nitrogens with zero attached hydrogens (tertiary/aromatic N) is 2. The summed E-state index contributed by atoms with van der Waals surface area (Å²) in [6.45, 7) is 1.76. The van der Waals surface area contributed by atoms with Gasteiger partial charge in [-0.25, -0.2) is 5.01 Å². The van der Waals surface area contributed by atoms with E-state index in [9.17, 15) is 19.2 Å². The first-order chi connectivity index (χ1) is 17.3. The van der Waals surface area contributed by atoms with E-state index in [4.69, 9.17) is 23.2 Å². The SMILES string of the molecule is CC[C@H](C(=O)c1ccccc1)N(C(=O)c1ccc(Cl)c(Cl)c1)N1C(=O)[C@@H]2[C@H]3C=C[C@@H]([C@@H]4C[C@H]34)[C@@H]2C1=O. The van der Waals surface area contributed by atoms with Gasteiger partial charge in [-0.3, -0.25) is 19.2 Å². The third-order valence-electron chi connectivity index (χ3n) is 8.27. The number of ketones is 1. The molecule has 184 valence electrons. The van der Waals surface area contributed by atoms with E-state index >= 15 is 0 Å². The zero-order valence-electron chi connectivity index (χ0n) is 19.5. The van der Waals surface area contributed by atoms with Crippen molar-refractivity contribution in [2.75, 3.05) is 0 Å². The highest BCUT2D eigenvalue weighted by molar-refractivity contribution is 6.42. The van der Waals surface area contributed by atoms with Gasteiger partial charge in [0, 0.05) is 11.1 Å². The van der Waals surface area contributed by atoms with Gasteiger partial charge in [0.25, 0.3) is 17.7 Å². The van der Waals surface area contributed by atoms with E-state index in [1.807, 2.05) is 0 Å². The number of allylic oxidation sites excluding steroid dienone is 2. The molecular weight excluding hydrogens is 499 g/mol. The van der Waals surface area contributed by atoms with E-state index in [0.29, 0.717) is 17.4 Å². The van der Waals surface area contributed by atoms with Gasteiger partial charge in [-0.15, -0.1) is 0 Å². The number of carbonyl (C=O) groups excluding carboxylic acids is 4. The molecule has 7 rings (SSSR count). The van der Waals surface area contributed by atoms with Crippen LogP contribution in [0.3, 0.4) is 0 Å². The van der Waals surface area contributed by atoms with Gasteiger partial charge in [0.05, 0.1) is 21.9 Å². The Balaban J connectivity index is 1.44. The molecule has 0 spiro atoms. The van der Waals surface area contributed by atoms with E-state index in [-0.39, 0.29) is 39.6 Å². The predicted octanol–water partition coefficient (Wildman–Crippen LogP) is 5.07. The third kappa shape index (κ3) is 3.38. The zero-order chi connectivity index (χ0) is 25.3. The second-order valence-corrected chi connectivity index (χ2v) is 10.9. The monoisotopic (exact) mass is 522 g/mol. The quantitative estimate of drug-likeness (QED) is 0.301. The first-order valence-electron chi connectivity index (χ1n) is 12.3. The fourth-order valence-electron chi connectivity index (χ4n) is 6.55. The molecule has 0 unspecified atom stereocenters. The fraction of sp³-hybridized carbons (Fsp3) is 0.357. The van der Waals surface area contributed by atoms with Crippen molar-refractivity contribution in [1.82, 2.24) is 10.0 Å². The van der Waals surface area contributed by atoms with E-state index in [0.717, 1.165) is 16.4 Å². The molecule has 6 nitrogen and oxygen atoms in total. The highest BCUT2D eigenvalue weighted by atomic mass is 35.5. The molecular formula is C28H24Cl2N2O4. The number of imide groups is 1. The van der Waals surface area contributed by atoms with Gasteiger partial charge in [0.1, 0.15) is 6.04 Å². The van der Waals surface area contributed by atoms with Gasteiger partial charge in [-0.05, 0) is 54.7 Å². The molecule has 7 atom stereocenters.